The number of alkyl halides is 3. The van der Waals surface area contributed by atoms with E-state index in [1.807, 2.05) is 0 Å². The highest BCUT2D eigenvalue weighted by Gasteiger charge is 2.37. The highest BCUT2D eigenvalue weighted by molar-refractivity contribution is 5.29. The summed E-state index contributed by atoms with van der Waals surface area (Å²) in [6.07, 6.45) is -1.97. The van der Waals surface area contributed by atoms with Crippen LogP contribution in [0.15, 0.2) is 24.3 Å². The Morgan fingerprint density at radius 2 is 1.75 bits per heavy atom. The summed E-state index contributed by atoms with van der Waals surface area (Å²) in [4.78, 5) is 2.31. The Labute approximate surface area is 116 Å². The Hall–Kier alpha value is -1.27. The monoisotopic (exact) mass is 288 g/mol. The highest BCUT2D eigenvalue weighted by atomic mass is 19.4. The summed E-state index contributed by atoms with van der Waals surface area (Å²) in [5.41, 5.74) is 5.18. The van der Waals surface area contributed by atoms with Gasteiger partial charge in [0.1, 0.15) is 18.4 Å². The molecule has 0 unspecified atom stereocenters. The van der Waals surface area contributed by atoms with Crippen molar-refractivity contribution in [2.75, 3.05) is 26.2 Å². The number of ether oxygens (including phenoxy) is 1. The number of nitrogens with zero attached hydrogens (tertiary/aromatic N) is 1. The molecule has 1 atom stereocenters. The molecule has 1 aliphatic rings. The maximum atomic E-state index is 12.4. The van der Waals surface area contributed by atoms with Crippen LogP contribution < -0.4 is 10.5 Å². The SMILES string of the molecule is N[C@H](c1ccc(OCCN2CCCC2)cc1)C(F)(F)F. The van der Waals surface area contributed by atoms with Crippen LogP contribution in [0.5, 0.6) is 5.75 Å². The van der Waals surface area contributed by atoms with Crippen molar-refractivity contribution in [1.82, 2.24) is 4.90 Å². The van der Waals surface area contributed by atoms with Crippen molar-refractivity contribution >= 4 is 0 Å². The number of nitrogens with two attached hydrogens (primary N) is 1. The van der Waals surface area contributed by atoms with Crippen LogP contribution in [-0.4, -0.2) is 37.3 Å². The van der Waals surface area contributed by atoms with Crippen LogP contribution in [0.3, 0.4) is 0 Å². The number of likely N-dealkylation sites (tertiary alicyclic amines) is 1. The quantitative estimate of drug-likeness (QED) is 0.905. The molecule has 3 nitrogen and oxygen atoms in total. The Balaban J connectivity index is 1.82. The maximum Gasteiger partial charge on any atom is 0.407 e. The third-order valence-corrected chi connectivity index (χ3v) is 3.47. The molecule has 2 rings (SSSR count). The van der Waals surface area contributed by atoms with Crippen molar-refractivity contribution in [1.29, 1.82) is 0 Å². The molecule has 1 aliphatic heterocycles. The Bertz CT molecular complexity index is 413. The molecule has 20 heavy (non-hydrogen) atoms. The van der Waals surface area contributed by atoms with Gasteiger partial charge in [-0.25, -0.2) is 0 Å². The van der Waals surface area contributed by atoms with E-state index < -0.39 is 12.2 Å². The summed E-state index contributed by atoms with van der Waals surface area (Å²) in [5, 5.41) is 0. The first-order chi connectivity index (χ1) is 9.47. The minimum absolute atomic E-state index is 0.0457. The van der Waals surface area contributed by atoms with Gasteiger partial charge in [-0.05, 0) is 43.6 Å². The summed E-state index contributed by atoms with van der Waals surface area (Å²) in [7, 11) is 0. The molecule has 1 aromatic carbocycles. The zero-order valence-electron chi connectivity index (χ0n) is 11.2. The summed E-state index contributed by atoms with van der Waals surface area (Å²) in [5.74, 6) is 0.572. The van der Waals surface area contributed by atoms with Crippen molar-refractivity contribution in [3.8, 4) is 5.75 Å². The number of hydrogen-bond donors (Lipinski definition) is 1. The van der Waals surface area contributed by atoms with Gasteiger partial charge in [-0.15, -0.1) is 0 Å². The summed E-state index contributed by atoms with van der Waals surface area (Å²) in [6.45, 7) is 3.60. The number of benzene rings is 1. The second-order valence-corrected chi connectivity index (χ2v) is 4.99. The summed E-state index contributed by atoms with van der Waals surface area (Å²) < 4.78 is 42.9. The maximum absolute atomic E-state index is 12.4. The third-order valence-electron chi connectivity index (χ3n) is 3.47. The lowest BCUT2D eigenvalue weighted by Crippen LogP contribution is -2.28. The first-order valence-electron chi connectivity index (χ1n) is 6.74. The molecular formula is C14H19F3N2O. The molecule has 0 radical (unpaired) electrons. The minimum Gasteiger partial charge on any atom is -0.492 e. The molecule has 1 heterocycles. The van der Waals surface area contributed by atoms with E-state index in [1.165, 1.54) is 37.1 Å². The lowest BCUT2D eigenvalue weighted by Gasteiger charge is -2.17. The number of hydrogen-bond acceptors (Lipinski definition) is 3. The second kappa shape index (κ2) is 6.45. The minimum atomic E-state index is -4.42. The van der Waals surface area contributed by atoms with Crippen molar-refractivity contribution in [3.05, 3.63) is 29.8 Å². The average Bonchev–Trinajstić information content (AvgIpc) is 2.91. The molecule has 0 saturated carbocycles. The van der Waals surface area contributed by atoms with E-state index in [0.717, 1.165) is 19.6 Å². The van der Waals surface area contributed by atoms with Gasteiger partial charge in [0.25, 0.3) is 0 Å². The summed E-state index contributed by atoms with van der Waals surface area (Å²) >= 11 is 0. The molecule has 6 heteroatoms. The fourth-order valence-electron chi connectivity index (χ4n) is 2.26. The van der Waals surface area contributed by atoms with E-state index in [-0.39, 0.29) is 5.56 Å². The topological polar surface area (TPSA) is 38.5 Å². The van der Waals surface area contributed by atoms with Crippen molar-refractivity contribution in [3.63, 3.8) is 0 Å². The standard InChI is InChI=1S/C14H19F3N2O/c15-14(16,17)13(18)11-3-5-12(6-4-11)20-10-9-19-7-1-2-8-19/h3-6,13H,1-2,7-10,18H2/t13-/m1/s1. The van der Waals surface area contributed by atoms with E-state index in [4.69, 9.17) is 10.5 Å². The molecule has 0 aliphatic carbocycles. The zero-order chi connectivity index (χ0) is 14.6. The van der Waals surface area contributed by atoms with Gasteiger partial charge in [-0.1, -0.05) is 12.1 Å². The Morgan fingerprint density at radius 1 is 1.15 bits per heavy atom. The van der Waals surface area contributed by atoms with Crippen LogP contribution in [0.1, 0.15) is 24.4 Å². The smallest absolute Gasteiger partial charge is 0.407 e. The molecule has 0 aromatic heterocycles. The highest BCUT2D eigenvalue weighted by Crippen LogP contribution is 2.31. The molecule has 1 aromatic rings. The molecule has 0 amide bonds. The van der Waals surface area contributed by atoms with E-state index in [1.54, 1.807) is 0 Å². The van der Waals surface area contributed by atoms with Gasteiger partial charge >= 0.3 is 6.18 Å². The van der Waals surface area contributed by atoms with Crippen LogP contribution in [0.25, 0.3) is 0 Å². The molecule has 0 spiro atoms. The fourth-order valence-corrected chi connectivity index (χ4v) is 2.26. The zero-order valence-corrected chi connectivity index (χ0v) is 11.2. The Morgan fingerprint density at radius 3 is 2.30 bits per heavy atom. The lowest BCUT2D eigenvalue weighted by molar-refractivity contribution is -0.149. The van der Waals surface area contributed by atoms with E-state index >= 15 is 0 Å². The van der Waals surface area contributed by atoms with E-state index in [0.29, 0.717) is 12.4 Å². The number of halogens is 3. The predicted molar refractivity (Wildman–Crippen MR) is 70.6 cm³/mol. The molecule has 1 saturated heterocycles. The normalized spacial score (nSPS) is 18.2. The largest absolute Gasteiger partial charge is 0.492 e. The van der Waals surface area contributed by atoms with Crippen LogP contribution in [0.4, 0.5) is 13.2 Å². The van der Waals surface area contributed by atoms with Gasteiger partial charge in [0, 0.05) is 6.54 Å². The van der Waals surface area contributed by atoms with Crippen molar-refractivity contribution in [2.45, 2.75) is 25.1 Å². The fraction of sp³-hybridized carbons (Fsp3) is 0.571. The second-order valence-electron chi connectivity index (χ2n) is 4.99. The molecule has 1 fully saturated rings. The van der Waals surface area contributed by atoms with Gasteiger partial charge < -0.3 is 10.5 Å². The van der Waals surface area contributed by atoms with Crippen LogP contribution in [0.2, 0.25) is 0 Å². The molecule has 112 valence electrons. The van der Waals surface area contributed by atoms with Crippen LogP contribution >= 0.6 is 0 Å². The van der Waals surface area contributed by atoms with Crippen molar-refractivity contribution < 1.29 is 17.9 Å². The molecule has 0 bridgehead atoms. The van der Waals surface area contributed by atoms with Crippen LogP contribution in [0, 0.1) is 0 Å². The van der Waals surface area contributed by atoms with Gasteiger partial charge in [-0.3, -0.25) is 4.90 Å². The first-order valence-corrected chi connectivity index (χ1v) is 6.74. The third kappa shape index (κ3) is 4.11. The van der Waals surface area contributed by atoms with E-state index in [2.05, 4.69) is 4.90 Å². The van der Waals surface area contributed by atoms with E-state index in [9.17, 15) is 13.2 Å². The van der Waals surface area contributed by atoms with Crippen LogP contribution in [-0.2, 0) is 0 Å². The van der Waals surface area contributed by atoms with Gasteiger partial charge in [0.2, 0.25) is 0 Å². The number of rotatable bonds is 5. The summed E-state index contributed by atoms with van der Waals surface area (Å²) in [6, 6.07) is 3.85. The predicted octanol–water partition coefficient (Wildman–Crippen LogP) is 2.72. The van der Waals surface area contributed by atoms with Crippen molar-refractivity contribution in [2.24, 2.45) is 5.73 Å². The lowest BCUT2D eigenvalue weighted by atomic mass is 10.1. The Kier molecular flexibility index (Phi) is 4.88. The van der Waals surface area contributed by atoms with Gasteiger partial charge in [-0.2, -0.15) is 13.2 Å². The van der Waals surface area contributed by atoms with Gasteiger partial charge in [0.15, 0.2) is 0 Å². The molecular weight excluding hydrogens is 269 g/mol. The first kappa shape index (κ1) is 15.1. The molecule has 2 N–H and O–H groups in total. The average molecular weight is 288 g/mol. The van der Waals surface area contributed by atoms with Gasteiger partial charge in [0.05, 0.1) is 0 Å².